The molecule has 0 bridgehead atoms. The average molecular weight is 280 g/mol. The Kier molecular flexibility index (Phi) is 3.87. The summed E-state index contributed by atoms with van der Waals surface area (Å²) >= 11 is 1.67. The van der Waals surface area contributed by atoms with Crippen LogP contribution in [0.5, 0.6) is 0 Å². The SMILES string of the molecule is O=C(N1CCCCC1)N1CCN(c2nccs2)CC1. The molecule has 0 radical (unpaired) electrons. The number of amides is 2. The van der Waals surface area contributed by atoms with Crippen LogP contribution in [-0.2, 0) is 0 Å². The van der Waals surface area contributed by atoms with Crippen molar-refractivity contribution in [3.63, 3.8) is 0 Å². The molecular weight excluding hydrogens is 260 g/mol. The first-order chi connectivity index (χ1) is 9.34. The number of thiazole rings is 1. The van der Waals surface area contributed by atoms with E-state index in [1.807, 2.05) is 21.4 Å². The lowest BCUT2D eigenvalue weighted by Gasteiger charge is -2.38. The Balaban J connectivity index is 1.53. The quantitative estimate of drug-likeness (QED) is 0.788. The van der Waals surface area contributed by atoms with Crippen molar-refractivity contribution in [3.05, 3.63) is 11.6 Å². The van der Waals surface area contributed by atoms with Gasteiger partial charge in [0.1, 0.15) is 0 Å². The molecule has 2 amide bonds. The van der Waals surface area contributed by atoms with E-state index in [1.165, 1.54) is 6.42 Å². The summed E-state index contributed by atoms with van der Waals surface area (Å²) in [5, 5.41) is 3.07. The first-order valence-corrected chi connectivity index (χ1v) is 7.91. The van der Waals surface area contributed by atoms with Crippen molar-refractivity contribution in [1.82, 2.24) is 14.8 Å². The van der Waals surface area contributed by atoms with Gasteiger partial charge in [-0.25, -0.2) is 9.78 Å². The number of aromatic nitrogens is 1. The maximum absolute atomic E-state index is 12.4. The van der Waals surface area contributed by atoms with E-state index in [9.17, 15) is 4.79 Å². The molecule has 2 saturated heterocycles. The van der Waals surface area contributed by atoms with Gasteiger partial charge in [-0.3, -0.25) is 0 Å². The van der Waals surface area contributed by atoms with Crippen molar-refractivity contribution in [3.8, 4) is 0 Å². The fourth-order valence-electron chi connectivity index (χ4n) is 2.75. The third-order valence-electron chi connectivity index (χ3n) is 3.87. The van der Waals surface area contributed by atoms with Crippen LogP contribution >= 0.6 is 11.3 Å². The number of hydrogen-bond donors (Lipinski definition) is 0. The fourth-order valence-corrected chi connectivity index (χ4v) is 3.44. The predicted octanol–water partition coefficient (Wildman–Crippen LogP) is 1.87. The van der Waals surface area contributed by atoms with E-state index in [0.717, 1.165) is 57.2 Å². The van der Waals surface area contributed by atoms with Crippen LogP contribution in [0.3, 0.4) is 0 Å². The van der Waals surface area contributed by atoms with E-state index in [1.54, 1.807) is 11.3 Å². The summed E-state index contributed by atoms with van der Waals surface area (Å²) in [6.45, 7) is 5.29. The number of nitrogens with zero attached hydrogens (tertiary/aromatic N) is 4. The van der Waals surface area contributed by atoms with Crippen molar-refractivity contribution in [1.29, 1.82) is 0 Å². The topological polar surface area (TPSA) is 39.7 Å². The van der Waals surface area contributed by atoms with Gasteiger partial charge in [-0.1, -0.05) is 0 Å². The molecular formula is C13H20N4OS. The molecule has 5 nitrogen and oxygen atoms in total. The highest BCUT2D eigenvalue weighted by Crippen LogP contribution is 2.20. The van der Waals surface area contributed by atoms with Gasteiger partial charge in [-0.2, -0.15) is 0 Å². The van der Waals surface area contributed by atoms with Crippen LogP contribution in [0.2, 0.25) is 0 Å². The lowest BCUT2D eigenvalue weighted by molar-refractivity contribution is 0.141. The highest BCUT2D eigenvalue weighted by Gasteiger charge is 2.26. The van der Waals surface area contributed by atoms with Gasteiger partial charge in [0.2, 0.25) is 0 Å². The van der Waals surface area contributed by atoms with Crippen molar-refractivity contribution < 1.29 is 4.79 Å². The number of likely N-dealkylation sites (tertiary alicyclic amines) is 1. The molecule has 2 fully saturated rings. The number of carbonyl (C=O) groups is 1. The van der Waals surface area contributed by atoms with Crippen LogP contribution in [0.4, 0.5) is 9.93 Å². The summed E-state index contributed by atoms with van der Waals surface area (Å²) in [5.41, 5.74) is 0. The summed E-state index contributed by atoms with van der Waals surface area (Å²) in [6.07, 6.45) is 5.42. The molecule has 0 aliphatic carbocycles. The second kappa shape index (κ2) is 5.77. The Morgan fingerprint density at radius 3 is 2.32 bits per heavy atom. The van der Waals surface area contributed by atoms with Crippen molar-refractivity contribution in [2.75, 3.05) is 44.2 Å². The van der Waals surface area contributed by atoms with E-state index in [2.05, 4.69) is 9.88 Å². The minimum absolute atomic E-state index is 0.235. The minimum atomic E-state index is 0.235. The zero-order valence-electron chi connectivity index (χ0n) is 11.1. The highest BCUT2D eigenvalue weighted by atomic mass is 32.1. The average Bonchev–Trinajstić information content (AvgIpc) is 3.02. The number of urea groups is 1. The largest absolute Gasteiger partial charge is 0.345 e. The number of rotatable bonds is 1. The van der Waals surface area contributed by atoms with Crippen LogP contribution in [-0.4, -0.2) is 60.1 Å². The summed E-state index contributed by atoms with van der Waals surface area (Å²) in [4.78, 5) is 23.0. The van der Waals surface area contributed by atoms with Crippen LogP contribution in [0.25, 0.3) is 0 Å². The van der Waals surface area contributed by atoms with Gasteiger partial charge in [0.25, 0.3) is 0 Å². The standard InChI is InChI=1S/C13H20N4OS/c18-13(16-5-2-1-3-6-16)17-9-7-15(8-10-17)12-14-4-11-19-12/h4,11H,1-3,5-10H2. The third kappa shape index (κ3) is 2.83. The van der Waals surface area contributed by atoms with Crippen LogP contribution in [0.15, 0.2) is 11.6 Å². The first-order valence-electron chi connectivity index (χ1n) is 7.03. The number of anilines is 1. The molecule has 3 rings (SSSR count). The first kappa shape index (κ1) is 12.7. The molecule has 1 aromatic heterocycles. The van der Waals surface area contributed by atoms with E-state index >= 15 is 0 Å². The summed E-state index contributed by atoms with van der Waals surface area (Å²) < 4.78 is 0. The van der Waals surface area contributed by atoms with E-state index < -0.39 is 0 Å². The summed E-state index contributed by atoms with van der Waals surface area (Å²) in [5.74, 6) is 0. The molecule has 104 valence electrons. The van der Waals surface area contributed by atoms with Gasteiger partial charge >= 0.3 is 6.03 Å². The van der Waals surface area contributed by atoms with E-state index in [-0.39, 0.29) is 6.03 Å². The maximum atomic E-state index is 12.4. The maximum Gasteiger partial charge on any atom is 0.320 e. The molecule has 6 heteroatoms. The van der Waals surface area contributed by atoms with Crippen molar-refractivity contribution in [2.45, 2.75) is 19.3 Å². The molecule has 0 aromatic carbocycles. The molecule has 0 spiro atoms. The smallest absolute Gasteiger partial charge is 0.320 e. The number of piperazine rings is 1. The molecule has 3 heterocycles. The second-order valence-corrected chi connectivity index (χ2v) is 5.99. The van der Waals surface area contributed by atoms with Gasteiger partial charge in [-0.15, -0.1) is 11.3 Å². The molecule has 2 aliphatic rings. The summed E-state index contributed by atoms with van der Waals surface area (Å²) in [6, 6.07) is 0.235. The van der Waals surface area contributed by atoms with Crippen LogP contribution in [0, 0.1) is 0 Å². The Labute approximate surface area is 117 Å². The van der Waals surface area contributed by atoms with Crippen LogP contribution in [0.1, 0.15) is 19.3 Å². The fraction of sp³-hybridized carbons (Fsp3) is 0.692. The monoisotopic (exact) mass is 280 g/mol. The van der Waals surface area contributed by atoms with Gasteiger partial charge in [0.05, 0.1) is 0 Å². The Morgan fingerprint density at radius 1 is 1.00 bits per heavy atom. The lowest BCUT2D eigenvalue weighted by Crippen LogP contribution is -2.53. The van der Waals surface area contributed by atoms with Gasteiger partial charge < -0.3 is 14.7 Å². The molecule has 1 aromatic rings. The number of piperidine rings is 1. The Morgan fingerprint density at radius 2 is 1.68 bits per heavy atom. The zero-order valence-corrected chi connectivity index (χ0v) is 11.9. The highest BCUT2D eigenvalue weighted by molar-refractivity contribution is 7.13. The Bertz CT molecular complexity index is 408. The van der Waals surface area contributed by atoms with E-state index in [4.69, 9.17) is 0 Å². The second-order valence-electron chi connectivity index (χ2n) is 5.12. The minimum Gasteiger partial charge on any atom is -0.345 e. The number of carbonyl (C=O) groups excluding carboxylic acids is 1. The van der Waals surface area contributed by atoms with E-state index in [0.29, 0.717) is 0 Å². The number of hydrogen-bond acceptors (Lipinski definition) is 4. The third-order valence-corrected chi connectivity index (χ3v) is 4.70. The molecule has 0 unspecified atom stereocenters. The molecule has 0 N–H and O–H groups in total. The van der Waals surface area contributed by atoms with Crippen molar-refractivity contribution >= 4 is 22.5 Å². The van der Waals surface area contributed by atoms with Gasteiger partial charge in [0, 0.05) is 50.8 Å². The Hall–Kier alpha value is -1.30. The van der Waals surface area contributed by atoms with Crippen LogP contribution < -0.4 is 4.90 Å². The lowest BCUT2D eigenvalue weighted by atomic mass is 10.1. The van der Waals surface area contributed by atoms with Crippen molar-refractivity contribution in [2.24, 2.45) is 0 Å². The summed E-state index contributed by atoms with van der Waals surface area (Å²) in [7, 11) is 0. The molecule has 2 aliphatic heterocycles. The molecule has 0 atom stereocenters. The van der Waals surface area contributed by atoms with Gasteiger partial charge in [0.15, 0.2) is 5.13 Å². The zero-order chi connectivity index (χ0) is 13.1. The van der Waals surface area contributed by atoms with Gasteiger partial charge in [-0.05, 0) is 19.3 Å². The molecule has 19 heavy (non-hydrogen) atoms. The molecule has 0 saturated carbocycles. The normalized spacial score (nSPS) is 20.7. The predicted molar refractivity (Wildman–Crippen MR) is 76.7 cm³/mol.